The lowest BCUT2D eigenvalue weighted by Crippen LogP contribution is -2.38. The number of carbonyl (C=O) groups is 1. The number of ether oxygens (including phenoxy) is 5. The summed E-state index contributed by atoms with van der Waals surface area (Å²) in [5.74, 6) is 0.479. The van der Waals surface area contributed by atoms with E-state index in [1.807, 2.05) is 46.8 Å². The zero-order valence-electron chi connectivity index (χ0n) is 33.4. The minimum atomic E-state index is -0.661. The van der Waals surface area contributed by atoms with Crippen LogP contribution in [0.15, 0.2) is 30.3 Å². The van der Waals surface area contributed by atoms with Gasteiger partial charge in [0.1, 0.15) is 17.0 Å². The van der Waals surface area contributed by atoms with Crippen LogP contribution in [-0.4, -0.2) is 103 Å². The maximum Gasteiger partial charge on any atom is 0.355 e. The number of nitrogens with zero attached hydrogens (tertiary/aromatic N) is 4. The van der Waals surface area contributed by atoms with E-state index in [4.69, 9.17) is 46.1 Å². The van der Waals surface area contributed by atoms with E-state index in [1.165, 1.54) is 0 Å². The Labute approximate surface area is 326 Å². The number of para-hydroxylation sites is 1. The number of hydrogen-bond donors (Lipinski definition) is 1. The lowest BCUT2D eigenvalue weighted by atomic mass is 9.98. The molecule has 0 saturated carbocycles. The van der Waals surface area contributed by atoms with Crippen LogP contribution < -0.4 is 10.5 Å². The van der Waals surface area contributed by atoms with Crippen molar-refractivity contribution in [1.82, 2.24) is 19.2 Å². The topological polar surface area (TPSA) is 115 Å². The largest absolute Gasteiger partial charge is 0.494 e. The monoisotopic (exact) mass is 765 g/mol. The van der Waals surface area contributed by atoms with Crippen molar-refractivity contribution in [2.45, 2.75) is 86.4 Å². The summed E-state index contributed by atoms with van der Waals surface area (Å²) in [4.78, 5) is 16.8. The second-order valence-electron chi connectivity index (χ2n) is 15.1. The molecule has 2 aromatic carbocycles. The van der Waals surface area contributed by atoms with Gasteiger partial charge in [0, 0.05) is 73.1 Å². The number of aryl methyl sites for hydroxylation is 5. The molecular formula is C42H60ClN5O6. The van der Waals surface area contributed by atoms with Gasteiger partial charge in [0.25, 0.3) is 0 Å². The minimum absolute atomic E-state index is 0.316. The van der Waals surface area contributed by atoms with Gasteiger partial charge in [-0.3, -0.25) is 9.58 Å². The summed E-state index contributed by atoms with van der Waals surface area (Å²) < 4.78 is 33.5. The predicted molar refractivity (Wildman–Crippen MR) is 215 cm³/mol. The third-order valence-corrected chi connectivity index (χ3v) is 10.3. The highest BCUT2D eigenvalue weighted by Gasteiger charge is 2.30. The van der Waals surface area contributed by atoms with Crippen molar-refractivity contribution in [2.24, 2.45) is 5.73 Å². The Morgan fingerprint density at radius 2 is 1.63 bits per heavy atom. The number of fused-ring (bicyclic) bond motifs is 1. The number of esters is 1. The molecule has 0 radical (unpaired) electrons. The molecular weight excluding hydrogens is 706 g/mol. The van der Waals surface area contributed by atoms with Gasteiger partial charge in [0.05, 0.1) is 50.9 Å². The van der Waals surface area contributed by atoms with Gasteiger partial charge in [0.2, 0.25) is 0 Å². The molecule has 3 heterocycles. The number of nitrogens with two attached hydrogens (primary N) is 1. The van der Waals surface area contributed by atoms with Crippen LogP contribution >= 0.6 is 11.6 Å². The maximum atomic E-state index is 14.4. The number of rotatable bonds is 19. The van der Waals surface area contributed by atoms with E-state index in [0.717, 1.165) is 93.5 Å². The molecule has 54 heavy (non-hydrogen) atoms. The highest BCUT2D eigenvalue weighted by molar-refractivity contribution is 6.32. The summed E-state index contributed by atoms with van der Waals surface area (Å²) in [7, 11) is 0. The molecule has 2 aromatic heterocycles. The summed E-state index contributed by atoms with van der Waals surface area (Å²) in [5.41, 5.74) is 13.6. The van der Waals surface area contributed by atoms with Crippen LogP contribution in [0.1, 0.15) is 72.2 Å². The summed E-state index contributed by atoms with van der Waals surface area (Å²) in [6.07, 6.45) is 2.17. The molecule has 296 valence electrons. The van der Waals surface area contributed by atoms with Gasteiger partial charge >= 0.3 is 5.97 Å². The Balaban J connectivity index is 1.50. The first-order valence-corrected chi connectivity index (χ1v) is 19.7. The molecule has 1 fully saturated rings. The van der Waals surface area contributed by atoms with Crippen LogP contribution in [0.3, 0.4) is 0 Å². The molecule has 1 saturated heterocycles. The fraction of sp³-hybridized carbons (Fsp3) is 0.571. The number of morpholine rings is 1. The van der Waals surface area contributed by atoms with Gasteiger partial charge in [0.15, 0.2) is 0 Å². The molecule has 1 aliphatic heterocycles. The fourth-order valence-electron chi connectivity index (χ4n) is 7.24. The Bertz CT molecular complexity index is 1830. The van der Waals surface area contributed by atoms with Gasteiger partial charge < -0.3 is 34.0 Å². The molecule has 0 bridgehead atoms. The molecule has 4 aromatic rings. The lowest BCUT2D eigenvalue weighted by Gasteiger charge is -2.27. The minimum Gasteiger partial charge on any atom is -0.494 e. The average Bonchev–Trinajstić information content (AvgIpc) is 3.60. The summed E-state index contributed by atoms with van der Waals surface area (Å²) >= 11 is 6.42. The van der Waals surface area contributed by atoms with Crippen molar-refractivity contribution in [3.8, 4) is 16.9 Å². The molecule has 0 amide bonds. The summed E-state index contributed by atoms with van der Waals surface area (Å²) in [6, 6.07) is 10.4. The van der Waals surface area contributed by atoms with Crippen molar-refractivity contribution in [2.75, 3.05) is 72.4 Å². The molecule has 11 nitrogen and oxygen atoms in total. The van der Waals surface area contributed by atoms with E-state index in [1.54, 1.807) is 0 Å². The SMILES string of the molecule is Cc1cc(OCCCc2c(C(=O)OC(C)(C)C)n(CCN3CCOCC3)c3c(-c4c(C)nn(CCCOCCOCCN)c4C)cccc23)cc(C)c1Cl. The first-order valence-electron chi connectivity index (χ1n) is 19.4. The van der Waals surface area contributed by atoms with Gasteiger partial charge in [-0.25, -0.2) is 4.79 Å². The van der Waals surface area contributed by atoms with Crippen molar-refractivity contribution in [3.05, 3.63) is 69.1 Å². The highest BCUT2D eigenvalue weighted by Crippen LogP contribution is 2.39. The summed E-state index contributed by atoms with van der Waals surface area (Å²) in [6.45, 7) is 22.4. The van der Waals surface area contributed by atoms with Crippen molar-refractivity contribution in [3.63, 3.8) is 0 Å². The summed E-state index contributed by atoms with van der Waals surface area (Å²) in [5, 5.41) is 6.80. The first kappa shape index (κ1) is 41.7. The fourth-order valence-corrected chi connectivity index (χ4v) is 7.35. The van der Waals surface area contributed by atoms with Gasteiger partial charge in [-0.1, -0.05) is 29.8 Å². The standard InChI is InChI=1S/C42H60ClN5O6/c1-29-27-33(28-30(2)38(29)43)53-21-9-13-35-34-11-8-12-36(37-31(3)45-48(32(37)4)15-10-20-50-25-26-51-22-14-44)39(34)47(17-16-46-18-23-52-24-19-46)40(35)41(49)54-42(5,6)7/h8,11-12,27-28H,9-10,13-26,44H2,1-7H3. The molecule has 0 spiro atoms. The second kappa shape index (κ2) is 19.4. The van der Waals surface area contributed by atoms with Crippen LogP contribution in [0.2, 0.25) is 5.02 Å². The van der Waals surface area contributed by atoms with Gasteiger partial charge in [-0.05, 0) is 96.6 Å². The zero-order valence-corrected chi connectivity index (χ0v) is 34.2. The Morgan fingerprint density at radius 1 is 0.926 bits per heavy atom. The maximum absolute atomic E-state index is 14.4. The molecule has 1 aliphatic rings. The van der Waals surface area contributed by atoms with Crippen molar-refractivity contribution in [1.29, 1.82) is 0 Å². The molecule has 0 atom stereocenters. The quantitative estimate of drug-likeness (QED) is 0.0791. The molecule has 0 unspecified atom stereocenters. The Kier molecular flexibility index (Phi) is 15.0. The number of aromatic nitrogens is 3. The molecule has 5 rings (SSSR count). The number of hydrogen-bond acceptors (Lipinski definition) is 9. The van der Waals surface area contributed by atoms with Crippen LogP contribution in [0, 0.1) is 27.7 Å². The number of carbonyl (C=O) groups excluding carboxylic acids is 1. The Morgan fingerprint density at radius 3 is 2.31 bits per heavy atom. The van der Waals surface area contributed by atoms with Crippen LogP contribution in [0.25, 0.3) is 22.0 Å². The smallest absolute Gasteiger partial charge is 0.355 e. The molecule has 12 heteroatoms. The first-order chi connectivity index (χ1) is 25.9. The van der Waals surface area contributed by atoms with Gasteiger partial charge in [-0.15, -0.1) is 0 Å². The average molecular weight is 766 g/mol. The van der Waals surface area contributed by atoms with Gasteiger partial charge in [-0.2, -0.15) is 5.10 Å². The van der Waals surface area contributed by atoms with Crippen molar-refractivity contribution < 1.29 is 28.5 Å². The van der Waals surface area contributed by atoms with E-state index < -0.39 is 5.60 Å². The normalized spacial score (nSPS) is 13.9. The van der Waals surface area contributed by atoms with Crippen LogP contribution in [0.4, 0.5) is 0 Å². The van der Waals surface area contributed by atoms with E-state index >= 15 is 0 Å². The predicted octanol–water partition coefficient (Wildman–Crippen LogP) is 7.07. The molecule has 0 aliphatic carbocycles. The second-order valence-corrected chi connectivity index (χ2v) is 15.5. The third kappa shape index (κ3) is 10.6. The zero-order chi connectivity index (χ0) is 38.8. The highest BCUT2D eigenvalue weighted by atomic mass is 35.5. The van der Waals surface area contributed by atoms with E-state index in [9.17, 15) is 4.79 Å². The number of benzene rings is 2. The van der Waals surface area contributed by atoms with E-state index in [2.05, 4.69) is 46.2 Å². The van der Waals surface area contributed by atoms with Crippen LogP contribution in [0.5, 0.6) is 5.75 Å². The number of halogens is 1. The van der Waals surface area contributed by atoms with Crippen molar-refractivity contribution >= 4 is 28.5 Å². The lowest BCUT2D eigenvalue weighted by molar-refractivity contribution is 0.00538. The van der Waals surface area contributed by atoms with E-state index in [-0.39, 0.29) is 5.97 Å². The Hall–Kier alpha value is -3.45. The third-order valence-electron chi connectivity index (χ3n) is 9.72. The van der Waals surface area contributed by atoms with Crippen LogP contribution in [-0.2, 0) is 38.5 Å². The molecule has 2 N–H and O–H groups in total. The van der Waals surface area contributed by atoms with E-state index in [0.29, 0.717) is 77.9 Å².